The Labute approximate surface area is 167 Å². The number of imidazole rings is 1. The van der Waals surface area contributed by atoms with Gasteiger partial charge in [0.25, 0.3) is 11.9 Å². The molecule has 2 aliphatic rings. The number of fused-ring (bicyclic) bond motifs is 2. The zero-order valence-electron chi connectivity index (χ0n) is 16.6. The molecule has 29 heavy (non-hydrogen) atoms. The maximum atomic E-state index is 12.8. The second kappa shape index (κ2) is 7.09. The van der Waals surface area contributed by atoms with E-state index in [0.717, 1.165) is 22.2 Å². The molecule has 1 amide bonds. The minimum absolute atomic E-state index is 0.0260. The fraction of sp³-hybridized carbons (Fsp3) is 0.333. The maximum absolute atomic E-state index is 12.8. The number of nitrogens with zero attached hydrogens (tertiary/aromatic N) is 4. The largest absolute Gasteiger partial charge is 0.494 e. The quantitative estimate of drug-likeness (QED) is 0.721. The Morgan fingerprint density at radius 2 is 2.07 bits per heavy atom. The summed E-state index contributed by atoms with van der Waals surface area (Å²) >= 11 is 0. The first-order valence-electron chi connectivity index (χ1n) is 9.41. The summed E-state index contributed by atoms with van der Waals surface area (Å²) in [6, 6.07) is 5.52. The van der Waals surface area contributed by atoms with Crippen molar-refractivity contribution in [2.75, 3.05) is 14.2 Å². The third kappa shape index (κ3) is 2.78. The number of nitriles is 1. The molecule has 1 aromatic heterocycles. The summed E-state index contributed by atoms with van der Waals surface area (Å²) in [7, 11) is 5.04. The summed E-state index contributed by atoms with van der Waals surface area (Å²) < 4.78 is 9.05. The third-order valence-electron chi connectivity index (χ3n) is 5.49. The highest BCUT2D eigenvalue weighted by Gasteiger charge is 2.39. The average molecular weight is 392 g/mol. The minimum atomic E-state index is -0.422. The van der Waals surface area contributed by atoms with Crippen LogP contribution < -0.4 is 15.4 Å². The molecule has 0 bridgehead atoms. The van der Waals surface area contributed by atoms with E-state index in [-0.39, 0.29) is 11.6 Å². The van der Waals surface area contributed by atoms with E-state index in [1.165, 1.54) is 0 Å². The van der Waals surface area contributed by atoms with E-state index in [0.29, 0.717) is 30.7 Å². The van der Waals surface area contributed by atoms with E-state index in [4.69, 9.17) is 10.00 Å². The Morgan fingerprint density at radius 3 is 2.79 bits per heavy atom. The van der Waals surface area contributed by atoms with Crippen LogP contribution in [0.15, 0.2) is 34.8 Å². The Kier molecular flexibility index (Phi) is 4.59. The predicted molar refractivity (Wildman–Crippen MR) is 108 cm³/mol. The molecule has 0 saturated carbocycles. The molecule has 8 nitrogen and oxygen atoms in total. The van der Waals surface area contributed by atoms with Crippen molar-refractivity contribution in [3.63, 3.8) is 0 Å². The van der Waals surface area contributed by atoms with Crippen molar-refractivity contribution < 1.29 is 14.5 Å². The Balaban J connectivity index is 1.94. The van der Waals surface area contributed by atoms with E-state index in [1.807, 2.05) is 18.2 Å². The number of aryl methyl sites for hydroxylation is 2. The molecule has 3 heterocycles. The zero-order chi connectivity index (χ0) is 20.7. The van der Waals surface area contributed by atoms with Crippen molar-refractivity contribution in [2.24, 2.45) is 7.05 Å². The van der Waals surface area contributed by atoms with Crippen LogP contribution in [0, 0.1) is 11.3 Å². The summed E-state index contributed by atoms with van der Waals surface area (Å²) in [6.45, 7) is 0.432. The van der Waals surface area contributed by atoms with Gasteiger partial charge in [0.05, 0.1) is 18.7 Å². The highest BCUT2D eigenvalue weighted by atomic mass is 16.5. The molecular formula is C21H22N5O3+. The van der Waals surface area contributed by atoms with Crippen molar-refractivity contribution in [3.05, 3.63) is 46.0 Å². The lowest BCUT2D eigenvalue weighted by Crippen LogP contribution is -2.78. The number of ether oxygens (including phenoxy) is 1. The number of carbonyl (C=O) groups is 1. The number of hydrogen-bond donors (Lipinski definition) is 1. The molecule has 1 atom stereocenters. The summed E-state index contributed by atoms with van der Waals surface area (Å²) in [5.41, 5.74) is 3.87. The van der Waals surface area contributed by atoms with Gasteiger partial charge in [-0.05, 0) is 18.6 Å². The van der Waals surface area contributed by atoms with Crippen molar-refractivity contribution in [2.45, 2.75) is 25.4 Å². The Bertz CT molecular complexity index is 1210. The molecule has 0 spiro atoms. The SMILES string of the molecule is COc1c(C2=CN(C)C(=O)C3[NH+]=CC=C23)ccc2c1n(CCCC#N)c(=O)n2C. The second-order valence-electron chi connectivity index (χ2n) is 7.15. The van der Waals surface area contributed by atoms with Gasteiger partial charge in [0.1, 0.15) is 5.52 Å². The summed E-state index contributed by atoms with van der Waals surface area (Å²) in [5, 5.41) is 8.86. The standard InChI is InChI=1S/C21H21N5O3/c1-24-12-15(13-8-10-23-17(13)20(24)27)14-6-7-16-18(19(14)29-3)26(11-5-4-9-22)21(28)25(16)2/h6-8,10,12,17H,4-5,11H2,1-3H3/p+1. The molecule has 2 aromatic rings. The lowest BCUT2D eigenvalue weighted by atomic mass is 9.90. The lowest BCUT2D eigenvalue weighted by Gasteiger charge is -2.25. The molecule has 1 aromatic carbocycles. The van der Waals surface area contributed by atoms with Gasteiger partial charge in [0.2, 0.25) is 0 Å². The number of amides is 1. The van der Waals surface area contributed by atoms with Crippen LogP contribution in [-0.2, 0) is 18.4 Å². The zero-order valence-corrected chi connectivity index (χ0v) is 16.6. The lowest BCUT2D eigenvalue weighted by molar-refractivity contribution is -0.467. The number of methoxy groups -OCH3 is 1. The first-order chi connectivity index (χ1) is 14.0. The van der Waals surface area contributed by atoms with E-state index in [2.05, 4.69) is 11.1 Å². The highest BCUT2D eigenvalue weighted by Crippen LogP contribution is 2.39. The van der Waals surface area contributed by atoms with Gasteiger partial charge in [-0.15, -0.1) is 0 Å². The number of hydrogen-bond acceptors (Lipinski definition) is 4. The number of nitrogens with one attached hydrogen (secondary N) is 1. The van der Waals surface area contributed by atoms with Crippen LogP contribution in [0.1, 0.15) is 18.4 Å². The summed E-state index contributed by atoms with van der Waals surface area (Å²) in [4.78, 5) is 29.9. The fourth-order valence-electron chi connectivity index (χ4n) is 4.04. The van der Waals surface area contributed by atoms with Gasteiger partial charge < -0.3 is 9.64 Å². The molecule has 1 unspecified atom stereocenters. The smallest absolute Gasteiger partial charge is 0.328 e. The van der Waals surface area contributed by atoms with Crippen LogP contribution in [0.3, 0.4) is 0 Å². The van der Waals surface area contributed by atoms with Gasteiger partial charge in [-0.3, -0.25) is 13.9 Å². The van der Waals surface area contributed by atoms with Crippen LogP contribution in [0.25, 0.3) is 16.6 Å². The number of rotatable bonds is 5. The number of benzene rings is 1. The van der Waals surface area contributed by atoms with Gasteiger partial charge >= 0.3 is 5.69 Å². The van der Waals surface area contributed by atoms with Gasteiger partial charge in [0.15, 0.2) is 12.0 Å². The van der Waals surface area contributed by atoms with Crippen molar-refractivity contribution in [1.82, 2.24) is 14.0 Å². The predicted octanol–water partition coefficient (Wildman–Crippen LogP) is -0.0747. The van der Waals surface area contributed by atoms with Crippen molar-refractivity contribution >= 4 is 28.7 Å². The molecule has 148 valence electrons. The first-order valence-corrected chi connectivity index (χ1v) is 9.41. The number of unbranched alkanes of at least 4 members (excludes halogenated alkanes) is 1. The van der Waals surface area contributed by atoms with Crippen LogP contribution in [0.5, 0.6) is 5.75 Å². The fourth-order valence-corrected chi connectivity index (χ4v) is 4.04. The van der Waals surface area contributed by atoms with Crippen molar-refractivity contribution in [3.8, 4) is 11.8 Å². The Morgan fingerprint density at radius 1 is 1.28 bits per heavy atom. The molecule has 8 heteroatoms. The van der Waals surface area contributed by atoms with E-state index < -0.39 is 6.04 Å². The van der Waals surface area contributed by atoms with E-state index in [1.54, 1.807) is 47.7 Å². The topological polar surface area (TPSA) is 94.2 Å². The van der Waals surface area contributed by atoms with Crippen molar-refractivity contribution in [1.29, 1.82) is 5.26 Å². The summed E-state index contributed by atoms with van der Waals surface area (Å²) in [6.07, 6.45) is 6.43. The summed E-state index contributed by atoms with van der Waals surface area (Å²) in [5.74, 6) is 0.555. The molecule has 0 fully saturated rings. The van der Waals surface area contributed by atoms with Gasteiger partial charge in [-0.1, -0.05) is 0 Å². The van der Waals surface area contributed by atoms with Gasteiger partial charge in [0, 0.05) is 56.0 Å². The van der Waals surface area contributed by atoms with E-state index >= 15 is 0 Å². The Hall–Kier alpha value is -3.60. The number of aromatic nitrogens is 2. The van der Waals surface area contributed by atoms with Crippen LogP contribution >= 0.6 is 0 Å². The molecule has 0 aliphatic carbocycles. The van der Waals surface area contributed by atoms with Crippen LogP contribution in [-0.4, -0.2) is 46.4 Å². The number of likely N-dealkylation sites (N-methyl/N-ethyl adjacent to an activating group) is 1. The average Bonchev–Trinajstić information content (AvgIpc) is 3.30. The number of carbonyl (C=O) groups excluding carboxylic acids is 1. The molecule has 1 N–H and O–H groups in total. The van der Waals surface area contributed by atoms with Gasteiger partial charge in [-0.25, -0.2) is 9.79 Å². The first kappa shape index (κ1) is 18.7. The molecule has 0 radical (unpaired) electrons. The number of allylic oxidation sites excluding steroid dienone is 1. The highest BCUT2D eigenvalue weighted by molar-refractivity contribution is 6.03. The van der Waals surface area contributed by atoms with Crippen LogP contribution in [0.4, 0.5) is 0 Å². The second-order valence-corrected chi connectivity index (χ2v) is 7.15. The minimum Gasteiger partial charge on any atom is -0.494 e. The van der Waals surface area contributed by atoms with E-state index in [9.17, 15) is 9.59 Å². The third-order valence-corrected chi connectivity index (χ3v) is 5.49. The normalized spacial score (nSPS) is 17.9. The van der Waals surface area contributed by atoms with Crippen LogP contribution in [0.2, 0.25) is 0 Å². The molecular weight excluding hydrogens is 370 g/mol. The van der Waals surface area contributed by atoms with Gasteiger partial charge in [-0.2, -0.15) is 5.26 Å². The maximum Gasteiger partial charge on any atom is 0.328 e. The molecule has 2 aliphatic heterocycles. The molecule has 4 rings (SSSR count). The molecule has 0 saturated heterocycles. The monoisotopic (exact) mass is 392 g/mol.